The molecule has 10 heteroatoms. The van der Waals surface area contributed by atoms with Crippen molar-refractivity contribution in [2.75, 3.05) is 16.8 Å². The van der Waals surface area contributed by atoms with Gasteiger partial charge < -0.3 is 15.5 Å². The topological polar surface area (TPSA) is 106 Å². The van der Waals surface area contributed by atoms with Gasteiger partial charge in [0.2, 0.25) is 12.2 Å². The molecule has 5 rings (SSSR count). The van der Waals surface area contributed by atoms with E-state index in [9.17, 15) is 9.18 Å². The number of benzene rings is 2. The van der Waals surface area contributed by atoms with E-state index in [1.54, 1.807) is 47.9 Å². The van der Waals surface area contributed by atoms with Crippen LogP contribution in [0.1, 0.15) is 20.2 Å². The Hall–Kier alpha value is -4.62. The van der Waals surface area contributed by atoms with Crippen LogP contribution in [0.5, 0.6) is 0 Å². The number of nitrogens with one attached hydrogen (secondary N) is 2. The smallest absolute Gasteiger partial charge is 0.287 e. The third-order valence-electron chi connectivity index (χ3n) is 5.68. The molecule has 3 heterocycles. The van der Waals surface area contributed by atoms with E-state index in [0.29, 0.717) is 24.5 Å². The zero-order chi connectivity index (χ0) is 24.9. The minimum absolute atomic E-state index is 0.179. The molecular weight excluding hydrogens is 477 g/mol. The van der Waals surface area contributed by atoms with E-state index in [1.807, 2.05) is 24.3 Å². The number of guanidine groups is 1. The third kappa shape index (κ3) is 4.92. The molecule has 0 saturated carbocycles. The average molecular weight is 498 g/mol. The largest absolute Gasteiger partial charge is 0.350 e. The third-order valence-corrected chi connectivity index (χ3v) is 6.67. The summed E-state index contributed by atoms with van der Waals surface area (Å²) in [6, 6.07) is 15.7. The van der Waals surface area contributed by atoms with Gasteiger partial charge in [-0.1, -0.05) is 24.3 Å². The molecule has 1 aliphatic heterocycles. The van der Waals surface area contributed by atoms with E-state index in [2.05, 4.69) is 25.6 Å². The van der Waals surface area contributed by atoms with Gasteiger partial charge in [0, 0.05) is 41.4 Å². The summed E-state index contributed by atoms with van der Waals surface area (Å²) < 4.78 is 13.8. The number of halogens is 1. The highest BCUT2D eigenvalue weighted by Gasteiger charge is 2.29. The fraction of sp³-hybridized carbons (Fsp3) is 0.115. The molecule has 4 aromatic rings. The van der Waals surface area contributed by atoms with E-state index < -0.39 is 0 Å². The fourth-order valence-electron chi connectivity index (χ4n) is 4.08. The van der Waals surface area contributed by atoms with Gasteiger partial charge in [0.1, 0.15) is 5.82 Å². The number of nitrogens with zero attached hydrogens (tertiary/aromatic N) is 5. The first-order chi connectivity index (χ1) is 17.6. The minimum atomic E-state index is -0.293. The Morgan fingerprint density at radius 1 is 1.19 bits per heavy atom. The molecule has 2 aromatic heterocycles. The summed E-state index contributed by atoms with van der Waals surface area (Å²) in [7, 11) is 0. The summed E-state index contributed by atoms with van der Waals surface area (Å²) >= 11 is 1.28. The highest BCUT2D eigenvalue weighted by molar-refractivity contribution is 7.13. The van der Waals surface area contributed by atoms with Gasteiger partial charge in [-0.05, 0) is 53.4 Å². The van der Waals surface area contributed by atoms with Crippen LogP contribution in [0.2, 0.25) is 0 Å². The summed E-state index contributed by atoms with van der Waals surface area (Å²) in [6.45, 7) is 0.867. The van der Waals surface area contributed by atoms with Crippen LogP contribution in [0.15, 0.2) is 78.2 Å². The van der Waals surface area contributed by atoms with Crippen molar-refractivity contribution in [3.63, 3.8) is 0 Å². The van der Waals surface area contributed by atoms with E-state index >= 15 is 0 Å². The summed E-state index contributed by atoms with van der Waals surface area (Å²) in [6.07, 6.45) is 7.35. The van der Waals surface area contributed by atoms with Crippen LogP contribution in [0.25, 0.3) is 11.1 Å². The number of aliphatic imine (C=N–C) groups is 1. The van der Waals surface area contributed by atoms with E-state index in [4.69, 9.17) is 5.26 Å². The predicted molar refractivity (Wildman–Crippen MR) is 137 cm³/mol. The van der Waals surface area contributed by atoms with Crippen molar-refractivity contribution < 1.29 is 9.18 Å². The Morgan fingerprint density at radius 3 is 2.83 bits per heavy atom. The number of nitriles is 1. The number of pyridine rings is 1. The van der Waals surface area contributed by atoms with Crippen LogP contribution in [-0.4, -0.2) is 28.4 Å². The molecule has 0 aliphatic carbocycles. The molecule has 0 bridgehead atoms. The van der Waals surface area contributed by atoms with Crippen LogP contribution < -0.4 is 15.5 Å². The number of carbonyl (C=O) groups is 1. The van der Waals surface area contributed by atoms with Crippen molar-refractivity contribution in [1.29, 1.82) is 5.26 Å². The maximum absolute atomic E-state index is 13.8. The maximum Gasteiger partial charge on any atom is 0.287 e. The summed E-state index contributed by atoms with van der Waals surface area (Å²) in [4.78, 5) is 27.9. The quantitative estimate of drug-likeness (QED) is 0.237. The lowest BCUT2D eigenvalue weighted by Gasteiger charge is -2.16. The van der Waals surface area contributed by atoms with E-state index in [1.165, 1.54) is 23.5 Å². The first-order valence-corrected chi connectivity index (χ1v) is 12.0. The number of aromatic nitrogens is 2. The van der Waals surface area contributed by atoms with Gasteiger partial charge in [-0.25, -0.2) is 9.37 Å². The highest BCUT2D eigenvalue weighted by atomic mass is 32.1. The number of fused-ring (bicyclic) bond motifs is 1. The molecule has 36 heavy (non-hydrogen) atoms. The molecule has 0 radical (unpaired) electrons. The van der Waals surface area contributed by atoms with Gasteiger partial charge in [0.25, 0.3) is 5.91 Å². The maximum atomic E-state index is 13.8. The second kappa shape index (κ2) is 10.3. The fourth-order valence-corrected chi connectivity index (χ4v) is 4.88. The van der Waals surface area contributed by atoms with Gasteiger partial charge in [-0.15, -0.1) is 16.3 Å². The Morgan fingerprint density at radius 2 is 2.03 bits per heavy atom. The average Bonchev–Trinajstić information content (AvgIpc) is 3.55. The van der Waals surface area contributed by atoms with Crippen molar-refractivity contribution in [3.8, 4) is 17.3 Å². The van der Waals surface area contributed by atoms with Crippen molar-refractivity contribution >= 4 is 34.6 Å². The number of carbonyl (C=O) groups excluding carboxylic acids is 1. The first-order valence-electron chi connectivity index (χ1n) is 11.1. The van der Waals surface area contributed by atoms with Gasteiger partial charge in [-0.3, -0.25) is 9.78 Å². The molecule has 1 amide bonds. The van der Waals surface area contributed by atoms with E-state index in [0.717, 1.165) is 32.9 Å². The number of amides is 1. The zero-order valence-electron chi connectivity index (χ0n) is 19.0. The predicted octanol–water partition coefficient (Wildman–Crippen LogP) is 4.59. The SMILES string of the molecule is N#C/N=C(\NCc1cnc(C(=O)N2CCc3c(-c4cccc(F)c4)cccc32)s1)Nc1ccncc1. The van der Waals surface area contributed by atoms with Crippen molar-refractivity contribution in [2.45, 2.75) is 13.0 Å². The summed E-state index contributed by atoms with van der Waals surface area (Å²) in [5, 5.41) is 15.4. The van der Waals surface area contributed by atoms with Crippen molar-refractivity contribution in [2.24, 2.45) is 4.99 Å². The minimum Gasteiger partial charge on any atom is -0.350 e. The molecular formula is C26H20FN7OS. The lowest BCUT2D eigenvalue weighted by Crippen LogP contribution is -2.29. The Balaban J connectivity index is 1.29. The van der Waals surface area contributed by atoms with Crippen LogP contribution in [0.4, 0.5) is 15.8 Å². The summed E-state index contributed by atoms with van der Waals surface area (Å²) in [5.74, 6) is -0.190. The lowest BCUT2D eigenvalue weighted by atomic mass is 9.98. The second-order valence-corrected chi connectivity index (χ2v) is 9.04. The molecule has 1 aliphatic rings. The first kappa shape index (κ1) is 23.1. The van der Waals surface area contributed by atoms with Gasteiger partial charge in [0.15, 0.2) is 5.01 Å². The molecule has 178 valence electrons. The summed E-state index contributed by atoms with van der Waals surface area (Å²) in [5.41, 5.74) is 4.30. The number of hydrogen-bond donors (Lipinski definition) is 2. The molecule has 0 atom stereocenters. The monoisotopic (exact) mass is 497 g/mol. The Labute approximate surface area is 210 Å². The molecule has 2 N–H and O–H groups in total. The second-order valence-electron chi connectivity index (χ2n) is 7.93. The normalized spacial score (nSPS) is 12.7. The molecule has 0 fully saturated rings. The van der Waals surface area contributed by atoms with Gasteiger partial charge in [-0.2, -0.15) is 5.26 Å². The standard InChI is InChI=1S/C26H20FN7OS/c27-18-4-1-3-17(13-18)21-5-2-6-23-22(21)9-12-34(23)25(35)24-30-14-20(36-24)15-31-26(32-16-28)33-19-7-10-29-11-8-19/h1-8,10-11,13-14H,9,12,15H2,(H2,29,31,32,33). The molecule has 0 saturated heterocycles. The van der Waals surface area contributed by atoms with Crippen LogP contribution in [-0.2, 0) is 13.0 Å². The van der Waals surface area contributed by atoms with E-state index in [-0.39, 0.29) is 17.7 Å². The highest BCUT2D eigenvalue weighted by Crippen LogP contribution is 2.37. The molecule has 0 spiro atoms. The lowest BCUT2D eigenvalue weighted by molar-refractivity contribution is 0.0989. The number of anilines is 2. The Kier molecular flexibility index (Phi) is 6.64. The number of rotatable bonds is 5. The molecule has 0 unspecified atom stereocenters. The van der Waals surface area contributed by atoms with Crippen molar-refractivity contribution in [3.05, 3.63) is 94.5 Å². The Bertz CT molecular complexity index is 1480. The molecule has 8 nitrogen and oxygen atoms in total. The zero-order valence-corrected chi connectivity index (χ0v) is 19.8. The van der Waals surface area contributed by atoms with Gasteiger partial charge >= 0.3 is 0 Å². The number of thiazole rings is 1. The molecule has 2 aromatic carbocycles. The van der Waals surface area contributed by atoms with Crippen molar-refractivity contribution in [1.82, 2.24) is 15.3 Å². The van der Waals surface area contributed by atoms with Crippen LogP contribution >= 0.6 is 11.3 Å². The number of hydrogen-bond acceptors (Lipinski definition) is 6. The van der Waals surface area contributed by atoms with Crippen LogP contribution in [0, 0.1) is 17.3 Å². The van der Waals surface area contributed by atoms with Crippen LogP contribution in [0.3, 0.4) is 0 Å². The van der Waals surface area contributed by atoms with Gasteiger partial charge in [0.05, 0.1) is 6.54 Å².